The first-order chi connectivity index (χ1) is 19.2. The van der Waals surface area contributed by atoms with Gasteiger partial charge in [0, 0.05) is 38.1 Å². The van der Waals surface area contributed by atoms with Crippen LogP contribution in [0.5, 0.6) is 5.75 Å². The molecule has 3 saturated heterocycles. The normalized spacial score (nSPS) is 19.0. The Morgan fingerprint density at radius 3 is 2.44 bits per heavy atom. The van der Waals surface area contributed by atoms with Crippen molar-refractivity contribution in [3.8, 4) is 5.75 Å². The number of hydrogen-bond donors (Lipinski definition) is 0. The number of piperidine rings is 3. The fourth-order valence-electron chi connectivity index (χ4n) is 6.65. The molecular formula is C30H43Cl2N7O2. The van der Waals surface area contributed by atoms with Gasteiger partial charge in [0.15, 0.2) is 5.65 Å². The quantitative estimate of drug-likeness (QED) is 0.383. The van der Waals surface area contributed by atoms with E-state index >= 15 is 0 Å². The topological polar surface area (TPSA) is 79.6 Å². The predicted octanol–water partition coefficient (Wildman–Crippen LogP) is 4.81. The van der Waals surface area contributed by atoms with Crippen LogP contribution in [0.25, 0.3) is 11.0 Å². The van der Waals surface area contributed by atoms with E-state index in [0.29, 0.717) is 25.1 Å². The molecule has 0 radical (unpaired) electrons. The molecule has 0 bridgehead atoms. The number of aromatic nitrogens is 4. The van der Waals surface area contributed by atoms with Crippen molar-refractivity contribution in [2.45, 2.75) is 64.5 Å². The Balaban J connectivity index is 0.00000194. The molecule has 3 aliphatic rings. The molecule has 3 aromatic rings. The van der Waals surface area contributed by atoms with E-state index in [2.05, 4.69) is 41.9 Å². The van der Waals surface area contributed by atoms with Crippen molar-refractivity contribution >= 4 is 47.6 Å². The van der Waals surface area contributed by atoms with Crippen LogP contribution < -0.4 is 9.64 Å². The van der Waals surface area contributed by atoms with Crippen molar-refractivity contribution in [1.82, 2.24) is 29.5 Å². The maximum absolute atomic E-state index is 13.4. The maximum Gasteiger partial charge on any atom is 0.225 e. The molecule has 2 aromatic heterocycles. The summed E-state index contributed by atoms with van der Waals surface area (Å²) in [6.45, 7) is 9.22. The largest absolute Gasteiger partial charge is 0.494 e. The van der Waals surface area contributed by atoms with Crippen molar-refractivity contribution < 1.29 is 9.53 Å². The minimum absolute atomic E-state index is 0. The lowest BCUT2D eigenvalue weighted by Gasteiger charge is -2.41. The van der Waals surface area contributed by atoms with Gasteiger partial charge in [-0.3, -0.25) is 4.79 Å². The van der Waals surface area contributed by atoms with Crippen LogP contribution in [-0.4, -0.2) is 87.4 Å². The molecule has 1 amide bonds. The lowest BCUT2D eigenvalue weighted by Crippen LogP contribution is -2.50. The first-order valence-corrected chi connectivity index (χ1v) is 14.9. The number of amides is 1. The minimum atomic E-state index is 0. The van der Waals surface area contributed by atoms with Gasteiger partial charge in [0.2, 0.25) is 5.91 Å². The summed E-state index contributed by atoms with van der Waals surface area (Å²) in [5.74, 6) is 2.26. The Morgan fingerprint density at radius 1 is 0.951 bits per heavy atom. The molecule has 3 fully saturated rings. The molecule has 0 aliphatic carbocycles. The van der Waals surface area contributed by atoms with Gasteiger partial charge in [0.1, 0.15) is 17.9 Å². The summed E-state index contributed by atoms with van der Waals surface area (Å²) in [4.78, 5) is 29.7. The summed E-state index contributed by atoms with van der Waals surface area (Å²) in [5.41, 5.74) is 1.95. The van der Waals surface area contributed by atoms with Crippen molar-refractivity contribution in [3.63, 3.8) is 0 Å². The van der Waals surface area contributed by atoms with Gasteiger partial charge in [-0.1, -0.05) is 18.6 Å². The van der Waals surface area contributed by atoms with Crippen LogP contribution in [0.2, 0.25) is 0 Å². The number of halogens is 2. The van der Waals surface area contributed by atoms with Crippen molar-refractivity contribution in [2.24, 2.45) is 5.92 Å². The van der Waals surface area contributed by atoms with Gasteiger partial charge in [-0.15, -0.1) is 24.8 Å². The average Bonchev–Trinajstić information content (AvgIpc) is 3.40. The van der Waals surface area contributed by atoms with Gasteiger partial charge in [0.25, 0.3) is 0 Å². The summed E-state index contributed by atoms with van der Waals surface area (Å²) in [7, 11) is 0. The summed E-state index contributed by atoms with van der Waals surface area (Å²) in [5, 5.41) is 5.61. The molecule has 224 valence electrons. The third kappa shape index (κ3) is 7.07. The minimum Gasteiger partial charge on any atom is -0.494 e. The van der Waals surface area contributed by atoms with Crippen LogP contribution in [0.1, 0.15) is 57.4 Å². The molecule has 0 N–H and O–H groups in total. The van der Waals surface area contributed by atoms with E-state index in [4.69, 9.17) is 4.74 Å². The van der Waals surface area contributed by atoms with E-state index in [0.717, 1.165) is 80.0 Å². The average molecular weight is 605 g/mol. The van der Waals surface area contributed by atoms with Gasteiger partial charge in [-0.05, 0) is 76.2 Å². The zero-order valence-corrected chi connectivity index (χ0v) is 25.6. The van der Waals surface area contributed by atoms with E-state index in [1.54, 1.807) is 6.33 Å². The maximum atomic E-state index is 13.4. The number of anilines is 1. The second kappa shape index (κ2) is 14.5. The zero-order chi connectivity index (χ0) is 26.6. The SMILES string of the molecule is CCOc1cccc(Cn2ncc3c(N4CCC(C(=O)N5CCC(N6CCCCC6)CC5)CC4)ncnc32)c1.Cl.Cl. The third-order valence-electron chi connectivity index (χ3n) is 8.78. The Morgan fingerprint density at radius 2 is 1.71 bits per heavy atom. The van der Waals surface area contributed by atoms with Crippen molar-refractivity contribution in [1.29, 1.82) is 0 Å². The van der Waals surface area contributed by atoms with Gasteiger partial charge in [0.05, 0.1) is 24.7 Å². The molecule has 3 aliphatic heterocycles. The number of hydrogen-bond acceptors (Lipinski definition) is 7. The van der Waals surface area contributed by atoms with E-state index in [-0.39, 0.29) is 30.7 Å². The lowest BCUT2D eigenvalue weighted by atomic mass is 9.93. The second-order valence-electron chi connectivity index (χ2n) is 11.2. The summed E-state index contributed by atoms with van der Waals surface area (Å²) in [6, 6.07) is 8.79. The molecule has 5 heterocycles. The first-order valence-electron chi connectivity index (χ1n) is 14.9. The Hall–Kier alpha value is -2.62. The third-order valence-corrected chi connectivity index (χ3v) is 8.78. The molecule has 0 unspecified atom stereocenters. The molecular weight excluding hydrogens is 561 g/mol. The van der Waals surface area contributed by atoms with E-state index < -0.39 is 0 Å². The predicted molar refractivity (Wildman–Crippen MR) is 166 cm³/mol. The molecule has 1 aromatic carbocycles. The molecule has 11 heteroatoms. The number of likely N-dealkylation sites (tertiary alicyclic amines) is 2. The lowest BCUT2D eigenvalue weighted by molar-refractivity contribution is -0.137. The number of ether oxygens (including phenoxy) is 1. The Kier molecular flexibility index (Phi) is 11.1. The fraction of sp³-hybridized carbons (Fsp3) is 0.600. The highest BCUT2D eigenvalue weighted by molar-refractivity contribution is 5.87. The van der Waals surface area contributed by atoms with Crippen LogP contribution in [0, 0.1) is 5.92 Å². The van der Waals surface area contributed by atoms with Crippen LogP contribution in [0.4, 0.5) is 5.82 Å². The number of rotatable bonds is 7. The Labute approximate surface area is 255 Å². The Bertz CT molecular complexity index is 1270. The van der Waals surface area contributed by atoms with Crippen LogP contribution in [-0.2, 0) is 11.3 Å². The first kappa shape index (κ1) is 31.3. The highest BCUT2D eigenvalue weighted by atomic mass is 35.5. The highest BCUT2D eigenvalue weighted by Crippen LogP contribution is 2.30. The number of fused-ring (bicyclic) bond motifs is 1. The molecule has 0 spiro atoms. The summed E-state index contributed by atoms with van der Waals surface area (Å²) < 4.78 is 7.58. The highest BCUT2D eigenvalue weighted by Gasteiger charge is 2.33. The monoisotopic (exact) mass is 603 g/mol. The number of benzene rings is 1. The van der Waals surface area contributed by atoms with E-state index in [9.17, 15) is 4.79 Å². The van der Waals surface area contributed by atoms with Crippen molar-refractivity contribution in [3.05, 3.63) is 42.4 Å². The van der Waals surface area contributed by atoms with Crippen LogP contribution in [0.3, 0.4) is 0 Å². The molecule has 9 nitrogen and oxygen atoms in total. The number of carbonyl (C=O) groups excluding carboxylic acids is 1. The van der Waals surface area contributed by atoms with E-state index in [1.165, 1.54) is 32.4 Å². The van der Waals surface area contributed by atoms with Gasteiger partial charge < -0.3 is 19.4 Å². The summed E-state index contributed by atoms with van der Waals surface area (Å²) in [6.07, 6.45) is 11.5. The summed E-state index contributed by atoms with van der Waals surface area (Å²) >= 11 is 0. The van der Waals surface area contributed by atoms with Crippen LogP contribution in [0.15, 0.2) is 36.8 Å². The number of nitrogens with zero attached hydrogens (tertiary/aromatic N) is 7. The number of carbonyl (C=O) groups is 1. The molecule has 0 saturated carbocycles. The van der Waals surface area contributed by atoms with E-state index in [1.807, 2.05) is 29.9 Å². The standard InChI is InChI=1S/C30H41N7O2.2ClH/c1-2-39-26-8-6-7-23(19-26)21-37-29-27(20-33-37)28(31-22-32-29)35-15-9-24(10-16-35)30(38)36-17-11-25(12-18-36)34-13-4-3-5-14-34;;/h6-8,19-20,22,24-25H,2-5,9-18,21H2,1H3;2*1H. The van der Waals surface area contributed by atoms with Gasteiger partial charge in [-0.25, -0.2) is 14.6 Å². The zero-order valence-electron chi connectivity index (χ0n) is 24.0. The van der Waals surface area contributed by atoms with Gasteiger partial charge in [-0.2, -0.15) is 5.10 Å². The van der Waals surface area contributed by atoms with Gasteiger partial charge >= 0.3 is 0 Å². The fourth-order valence-corrected chi connectivity index (χ4v) is 6.65. The smallest absolute Gasteiger partial charge is 0.225 e. The molecule has 41 heavy (non-hydrogen) atoms. The molecule has 0 atom stereocenters. The van der Waals surface area contributed by atoms with Crippen molar-refractivity contribution in [2.75, 3.05) is 50.8 Å². The molecule has 6 rings (SSSR count). The second-order valence-corrected chi connectivity index (χ2v) is 11.2. The van der Waals surface area contributed by atoms with Crippen LogP contribution >= 0.6 is 24.8 Å².